The van der Waals surface area contributed by atoms with Crippen molar-refractivity contribution >= 4 is 17.7 Å². The summed E-state index contributed by atoms with van der Waals surface area (Å²) in [6.07, 6.45) is 0. The van der Waals surface area contributed by atoms with Gasteiger partial charge >= 0.3 is 0 Å². The van der Waals surface area contributed by atoms with E-state index in [1.54, 1.807) is 19.2 Å². The molecule has 0 saturated carbocycles. The molecule has 1 aromatic heterocycles. The highest BCUT2D eigenvalue weighted by Crippen LogP contribution is 2.28. The first-order chi connectivity index (χ1) is 14.4. The van der Waals surface area contributed by atoms with Crippen LogP contribution < -0.4 is 10.1 Å². The molecule has 0 aliphatic heterocycles. The Morgan fingerprint density at radius 3 is 2.40 bits per heavy atom. The molecule has 0 fully saturated rings. The van der Waals surface area contributed by atoms with Crippen molar-refractivity contribution in [3.05, 3.63) is 59.9 Å². The molecule has 1 heterocycles. The molecule has 3 rings (SSSR count). The number of rotatable bonds is 8. The van der Waals surface area contributed by atoms with Crippen molar-refractivity contribution in [1.29, 1.82) is 0 Å². The summed E-state index contributed by atoms with van der Waals surface area (Å²) in [5.41, 5.74) is 1.78. The normalized spacial score (nSPS) is 13.0. The van der Waals surface area contributed by atoms with Crippen LogP contribution in [0.25, 0.3) is 11.4 Å². The van der Waals surface area contributed by atoms with E-state index in [4.69, 9.17) is 4.74 Å². The summed E-state index contributed by atoms with van der Waals surface area (Å²) in [7, 11) is 1.63. The predicted molar refractivity (Wildman–Crippen MR) is 116 cm³/mol. The fraction of sp³-hybridized carbons (Fsp3) is 0.318. The van der Waals surface area contributed by atoms with E-state index < -0.39 is 0 Å². The van der Waals surface area contributed by atoms with Gasteiger partial charge in [0.15, 0.2) is 11.0 Å². The molecule has 0 unspecified atom stereocenters. The first-order valence-corrected chi connectivity index (χ1v) is 10.6. The van der Waals surface area contributed by atoms with Crippen LogP contribution in [0.5, 0.6) is 5.75 Å². The summed E-state index contributed by atoms with van der Waals surface area (Å²) in [6.45, 7) is 6.40. The summed E-state index contributed by atoms with van der Waals surface area (Å²) in [6, 6.07) is 13.5. The molecular weight excluding hydrogens is 403 g/mol. The van der Waals surface area contributed by atoms with Gasteiger partial charge in [-0.05, 0) is 62.7 Å². The number of carbonyl (C=O) groups excluding carboxylic acids is 1. The number of halogens is 1. The first kappa shape index (κ1) is 21.8. The monoisotopic (exact) mass is 428 g/mol. The average molecular weight is 429 g/mol. The number of amides is 1. The molecule has 0 radical (unpaired) electrons. The molecule has 0 bridgehead atoms. The van der Waals surface area contributed by atoms with E-state index in [2.05, 4.69) is 15.5 Å². The highest BCUT2D eigenvalue weighted by molar-refractivity contribution is 8.00. The van der Waals surface area contributed by atoms with Gasteiger partial charge in [-0.1, -0.05) is 23.9 Å². The molecule has 6 nitrogen and oxygen atoms in total. The molecule has 3 aromatic rings. The van der Waals surface area contributed by atoms with Crippen LogP contribution >= 0.6 is 11.8 Å². The number of nitrogens with one attached hydrogen (secondary N) is 1. The van der Waals surface area contributed by atoms with Crippen molar-refractivity contribution in [1.82, 2.24) is 20.1 Å². The highest BCUT2D eigenvalue weighted by Gasteiger charge is 2.21. The molecule has 1 N–H and O–H groups in total. The van der Waals surface area contributed by atoms with Gasteiger partial charge in [0.05, 0.1) is 18.4 Å². The van der Waals surface area contributed by atoms with Crippen LogP contribution in [0, 0.1) is 5.82 Å². The lowest BCUT2D eigenvalue weighted by Crippen LogP contribution is -2.33. The van der Waals surface area contributed by atoms with Crippen LogP contribution in [-0.2, 0) is 11.3 Å². The van der Waals surface area contributed by atoms with Crippen molar-refractivity contribution < 1.29 is 13.9 Å². The molecule has 1 amide bonds. The Morgan fingerprint density at radius 1 is 1.13 bits per heavy atom. The average Bonchev–Trinajstić information content (AvgIpc) is 3.16. The van der Waals surface area contributed by atoms with Gasteiger partial charge in [0, 0.05) is 12.1 Å². The quantitative estimate of drug-likeness (QED) is 0.536. The minimum atomic E-state index is -0.369. The third-order valence-corrected chi connectivity index (χ3v) is 5.84. The number of hydrogen-bond acceptors (Lipinski definition) is 5. The SMILES string of the molecule is CCn1c(S[C@H](C)C(=O)N[C@@H](C)c2ccc(F)cc2)nnc1-c1ccc(OC)cc1. The second kappa shape index (κ2) is 9.75. The van der Waals surface area contributed by atoms with Gasteiger partial charge < -0.3 is 14.6 Å². The van der Waals surface area contributed by atoms with Crippen LogP contribution in [0.3, 0.4) is 0 Å². The van der Waals surface area contributed by atoms with E-state index in [0.29, 0.717) is 11.7 Å². The number of methoxy groups -OCH3 is 1. The Morgan fingerprint density at radius 2 is 1.80 bits per heavy atom. The molecule has 0 aliphatic carbocycles. The van der Waals surface area contributed by atoms with Gasteiger partial charge in [-0.15, -0.1) is 10.2 Å². The van der Waals surface area contributed by atoms with E-state index >= 15 is 0 Å². The maximum atomic E-state index is 13.1. The maximum Gasteiger partial charge on any atom is 0.233 e. The molecule has 0 spiro atoms. The molecule has 30 heavy (non-hydrogen) atoms. The Balaban J connectivity index is 1.69. The number of aromatic nitrogens is 3. The van der Waals surface area contributed by atoms with Crippen molar-refractivity contribution in [3.63, 3.8) is 0 Å². The van der Waals surface area contributed by atoms with Crippen molar-refractivity contribution in [3.8, 4) is 17.1 Å². The topological polar surface area (TPSA) is 69.0 Å². The summed E-state index contributed by atoms with van der Waals surface area (Å²) in [5, 5.41) is 11.9. The lowest BCUT2D eigenvalue weighted by atomic mass is 10.1. The molecule has 8 heteroatoms. The van der Waals surface area contributed by atoms with Crippen molar-refractivity contribution in [2.45, 2.75) is 43.8 Å². The number of nitrogens with zero attached hydrogens (tertiary/aromatic N) is 3. The molecule has 2 atom stereocenters. The van der Waals surface area contributed by atoms with E-state index in [1.807, 2.05) is 49.6 Å². The zero-order chi connectivity index (χ0) is 21.7. The smallest absolute Gasteiger partial charge is 0.233 e. The summed E-state index contributed by atoms with van der Waals surface area (Å²) < 4.78 is 20.3. The minimum absolute atomic E-state index is 0.117. The van der Waals surface area contributed by atoms with Crippen LogP contribution in [0.15, 0.2) is 53.7 Å². The van der Waals surface area contributed by atoms with Gasteiger partial charge in [0.25, 0.3) is 0 Å². The number of benzene rings is 2. The fourth-order valence-corrected chi connectivity index (χ4v) is 3.91. The Bertz CT molecular complexity index is 989. The Labute approximate surface area is 179 Å². The van der Waals surface area contributed by atoms with Crippen LogP contribution in [-0.4, -0.2) is 33.0 Å². The summed E-state index contributed by atoms with van der Waals surface area (Å²) in [5.74, 6) is 1.10. The molecular formula is C22H25FN4O2S. The molecule has 0 saturated heterocycles. The largest absolute Gasteiger partial charge is 0.497 e. The standard InChI is InChI=1S/C22H25FN4O2S/c1-5-27-20(17-8-12-19(29-4)13-9-17)25-26-22(27)30-15(3)21(28)24-14(2)16-6-10-18(23)11-7-16/h6-15H,5H2,1-4H3,(H,24,28)/t14-,15+/m0/s1. The van der Waals surface area contributed by atoms with E-state index in [9.17, 15) is 9.18 Å². The minimum Gasteiger partial charge on any atom is -0.497 e. The number of ether oxygens (including phenoxy) is 1. The van der Waals surface area contributed by atoms with Gasteiger partial charge in [-0.3, -0.25) is 4.79 Å². The zero-order valence-electron chi connectivity index (χ0n) is 17.4. The third kappa shape index (κ3) is 4.99. The number of thioether (sulfide) groups is 1. The number of hydrogen-bond donors (Lipinski definition) is 1. The fourth-order valence-electron chi connectivity index (χ4n) is 2.99. The number of carbonyl (C=O) groups is 1. The summed E-state index contributed by atoms with van der Waals surface area (Å²) >= 11 is 1.36. The second-order valence-corrected chi connectivity index (χ2v) is 8.13. The predicted octanol–water partition coefficient (Wildman–Crippen LogP) is 4.47. The third-order valence-electron chi connectivity index (χ3n) is 4.76. The van der Waals surface area contributed by atoms with Gasteiger partial charge in [-0.2, -0.15) is 0 Å². The van der Waals surface area contributed by atoms with Crippen LogP contribution in [0.4, 0.5) is 4.39 Å². The molecule has 158 valence electrons. The van der Waals surface area contributed by atoms with Gasteiger partial charge in [0.2, 0.25) is 5.91 Å². The van der Waals surface area contributed by atoms with Crippen LogP contribution in [0.2, 0.25) is 0 Å². The second-order valence-electron chi connectivity index (χ2n) is 6.82. The Hall–Kier alpha value is -2.87. The van der Waals surface area contributed by atoms with E-state index in [1.165, 1.54) is 23.9 Å². The molecule has 0 aliphatic rings. The first-order valence-electron chi connectivity index (χ1n) is 9.73. The Kier molecular flexibility index (Phi) is 7.10. The highest BCUT2D eigenvalue weighted by atomic mass is 32.2. The zero-order valence-corrected chi connectivity index (χ0v) is 18.2. The van der Waals surface area contributed by atoms with Crippen molar-refractivity contribution in [2.75, 3.05) is 7.11 Å². The maximum absolute atomic E-state index is 13.1. The van der Waals surface area contributed by atoms with Gasteiger partial charge in [-0.25, -0.2) is 4.39 Å². The lowest BCUT2D eigenvalue weighted by molar-refractivity contribution is -0.120. The van der Waals surface area contributed by atoms with E-state index in [-0.39, 0.29) is 23.0 Å². The van der Waals surface area contributed by atoms with Crippen molar-refractivity contribution in [2.24, 2.45) is 0 Å². The molecule has 2 aromatic carbocycles. The van der Waals surface area contributed by atoms with E-state index in [0.717, 1.165) is 22.7 Å². The lowest BCUT2D eigenvalue weighted by Gasteiger charge is -2.18. The van der Waals surface area contributed by atoms with Crippen LogP contribution in [0.1, 0.15) is 32.4 Å². The van der Waals surface area contributed by atoms with Gasteiger partial charge in [0.1, 0.15) is 11.6 Å². The summed E-state index contributed by atoms with van der Waals surface area (Å²) in [4.78, 5) is 12.7.